The van der Waals surface area contributed by atoms with Crippen molar-refractivity contribution in [1.29, 1.82) is 0 Å². The minimum absolute atomic E-state index is 0.0313. The monoisotopic (exact) mass is 450 g/mol. The normalized spacial score (nSPS) is 17.6. The molecule has 1 aliphatic heterocycles. The van der Waals surface area contributed by atoms with Crippen molar-refractivity contribution in [2.45, 2.75) is 50.2 Å². The van der Waals surface area contributed by atoms with Crippen LogP contribution in [0.4, 0.5) is 0 Å². The summed E-state index contributed by atoms with van der Waals surface area (Å²) in [4.78, 5) is 43.4. The van der Waals surface area contributed by atoms with Crippen molar-refractivity contribution < 1.29 is 14.4 Å². The maximum atomic E-state index is 12.9. The fraction of sp³-hybridized carbons (Fsp3) is 0.524. The minimum Gasteiger partial charge on any atom is -0.370 e. The topological polar surface area (TPSA) is 157 Å². The van der Waals surface area contributed by atoms with Crippen LogP contribution in [0.3, 0.4) is 0 Å². The lowest BCUT2D eigenvalue weighted by Crippen LogP contribution is -2.54. The molecule has 0 saturated carbocycles. The highest BCUT2D eigenvalue weighted by Gasteiger charge is 2.37. The van der Waals surface area contributed by atoms with Gasteiger partial charge in [-0.1, -0.05) is 30.3 Å². The summed E-state index contributed by atoms with van der Waals surface area (Å²) in [6.07, 6.45) is 2.46. The quantitative estimate of drug-likeness (QED) is 0.159. The van der Waals surface area contributed by atoms with E-state index in [1.54, 1.807) is 0 Å². The van der Waals surface area contributed by atoms with Crippen LogP contribution in [0, 0.1) is 0 Å². The first-order chi connectivity index (χ1) is 14.8. The van der Waals surface area contributed by atoms with Crippen LogP contribution in [-0.2, 0) is 20.8 Å². The van der Waals surface area contributed by atoms with E-state index < -0.39 is 18.1 Å². The molecule has 1 aromatic carbocycles. The van der Waals surface area contributed by atoms with Crippen LogP contribution in [-0.4, -0.2) is 65.6 Å². The van der Waals surface area contributed by atoms with Crippen molar-refractivity contribution in [2.75, 3.05) is 19.0 Å². The van der Waals surface area contributed by atoms with Gasteiger partial charge in [-0.15, -0.1) is 11.6 Å². The Morgan fingerprint density at radius 2 is 1.94 bits per heavy atom. The SMILES string of the molecule is NC(N)=NCCCC(NC(=O)C1CCCN1C(=O)[C@H](N)Cc1ccccc1)C(=O)CCl. The Morgan fingerprint density at radius 3 is 2.58 bits per heavy atom. The van der Waals surface area contributed by atoms with E-state index in [2.05, 4.69) is 10.3 Å². The fourth-order valence-corrected chi connectivity index (χ4v) is 3.84. The minimum atomic E-state index is -0.755. The zero-order valence-electron chi connectivity index (χ0n) is 17.5. The predicted octanol–water partition coefficient (Wildman–Crippen LogP) is -0.106. The number of carbonyl (C=O) groups is 3. The van der Waals surface area contributed by atoms with Crippen molar-refractivity contribution >= 4 is 35.2 Å². The molecule has 2 rings (SSSR count). The van der Waals surface area contributed by atoms with E-state index in [0.29, 0.717) is 45.2 Å². The second-order valence-electron chi connectivity index (χ2n) is 7.60. The van der Waals surface area contributed by atoms with Crippen LogP contribution in [0.5, 0.6) is 0 Å². The van der Waals surface area contributed by atoms with Gasteiger partial charge >= 0.3 is 0 Å². The molecule has 1 aliphatic rings. The van der Waals surface area contributed by atoms with Crippen molar-refractivity contribution in [3.63, 3.8) is 0 Å². The summed E-state index contributed by atoms with van der Waals surface area (Å²) in [7, 11) is 0. The zero-order chi connectivity index (χ0) is 22.8. The highest BCUT2D eigenvalue weighted by Crippen LogP contribution is 2.20. The lowest BCUT2D eigenvalue weighted by Gasteiger charge is -2.28. The average Bonchev–Trinajstić information content (AvgIpc) is 3.25. The summed E-state index contributed by atoms with van der Waals surface area (Å²) in [6.45, 7) is 0.796. The third kappa shape index (κ3) is 7.52. The number of aliphatic imine (C=N–C) groups is 1. The van der Waals surface area contributed by atoms with Crippen LogP contribution < -0.4 is 22.5 Å². The number of nitrogens with two attached hydrogens (primary N) is 3. The van der Waals surface area contributed by atoms with Gasteiger partial charge in [-0.25, -0.2) is 0 Å². The maximum Gasteiger partial charge on any atom is 0.243 e. The Bertz CT molecular complexity index is 785. The number of ketones is 1. The van der Waals surface area contributed by atoms with E-state index >= 15 is 0 Å². The molecule has 0 aromatic heterocycles. The van der Waals surface area contributed by atoms with E-state index in [9.17, 15) is 14.4 Å². The van der Waals surface area contributed by atoms with E-state index in [1.807, 2.05) is 30.3 Å². The number of benzene rings is 1. The van der Waals surface area contributed by atoms with E-state index in [-0.39, 0.29) is 29.4 Å². The molecule has 3 atom stereocenters. The molecule has 2 unspecified atom stereocenters. The van der Waals surface area contributed by atoms with Crippen LogP contribution in [0.2, 0.25) is 0 Å². The second kappa shape index (κ2) is 12.3. The van der Waals surface area contributed by atoms with Crippen LogP contribution >= 0.6 is 11.6 Å². The molecule has 170 valence electrons. The standard InChI is InChI=1S/C21H31ClN6O3/c22-13-18(29)16(8-4-10-26-21(24)25)27-19(30)17-9-5-11-28(17)20(31)15(23)12-14-6-2-1-3-7-14/h1-3,6-7,15-17H,4-5,8-13,23H2,(H,27,30)(H4,24,25,26)/t15-,16?,17?/m1/s1. The van der Waals surface area contributed by atoms with E-state index in [0.717, 1.165) is 5.56 Å². The second-order valence-corrected chi connectivity index (χ2v) is 7.86. The smallest absolute Gasteiger partial charge is 0.243 e. The number of alkyl halides is 1. The summed E-state index contributed by atoms with van der Waals surface area (Å²) in [6, 6.07) is 7.34. The summed E-state index contributed by atoms with van der Waals surface area (Å²) in [5.74, 6) is -1.19. The molecule has 0 aliphatic carbocycles. The number of halogens is 1. The summed E-state index contributed by atoms with van der Waals surface area (Å²) in [5, 5.41) is 2.75. The zero-order valence-corrected chi connectivity index (χ0v) is 18.3. The van der Waals surface area contributed by atoms with E-state index in [1.165, 1.54) is 4.90 Å². The molecule has 31 heavy (non-hydrogen) atoms. The first kappa shape index (κ1) is 24.6. The molecule has 0 bridgehead atoms. The number of amides is 2. The third-order valence-electron chi connectivity index (χ3n) is 5.24. The first-order valence-electron chi connectivity index (χ1n) is 10.4. The van der Waals surface area contributed by atoms with Crippen LogP contribution in [0.15, 0.2) is 35.3 Å². The van der Waals surface area contributed by atoms with Gasteiger partial charge in [0, 0.05) is 13.1 Å². The lowest BCUT2D eigenvalue weighted by molar-refractivity contribution is -0.140. The van der Waals surface area contributed by atoms with Crippen molar-refractivity contribution in [1.82, 2.24) is 10.2 Å². The molecule has 7 N–H and O–H groups in total. The third-order valence-corrected chi connectivity index (χ3v) is 5.50. The number of rotatable bonds is 11. The molecule has 1 heterocycles. The Hall–Kier alpha value is -2.65. The Labute approximate surface area is 187 Å². The van der Waals surface area contributed by atoms with Gasteiger partial charge in [0.15, 0.2) is 11.7 Å². The number of hydrogen-bond acceptors (Lipinski definition) is 5. The molecule has 0 radical (unpaired) electrons. The first-order valence-corrected chi connectivity index (χ1v) is 10.9. The lowest BCUT2D eigenvalue weighted by atomic mass is 10.0. The maximum absolute atomic E-state index is 12.9. The Balaban J connectivity index is 1.98. The van der Waals surface area contributed by atoms with Crippen LogP contribution in [0.1, 0.15) is 31.2 Å². The molecule has 1 saturated heterocycles. The molecule has 0 spiro atoms. The van der Waals surface area contributed by atoms with Gasteiger partial charge in [-0.3, -0.25) is 19.4 Å². The average molecular weight is 451 g/mol. The van der Waals surface area contributed by atoms with Gasteiger partial charge in [0.05, 0.1) is 18.0 Å². The molecule has 9 nitrogen and oxygen atoms in total. The van der Waals surface area contributed by atoms with E-state index in [4.69, 9.17) is 28.8 Å². The number of Topliss-reactive ketones (excluding diaryl/α,β-unsaturated/α-hetero) is 1. The van der Waals surface area contributed by atoms with Gasteiger partial charge in [-0.05, 0) is 37.7 Å². The highest BCUT2D eigenvalue weighted by molar-refractivity contribution is 6.28. The molecule has 2 amide bonds. The summed E-state index contributed by atoms with van der Waals surface area (Å²) in [5.41, 5.74) is 17.7. The number of likely N-dealkylation sites (tertiary alicyclic amines) is 1. The number of carbonyl (C=O) groups excluding carboxylic acids is 3. The molecular weight excluding hydrogens is 420 g/mol. The molecule has 1 aromatic rings. The van der Waals surface area contributed by atoms with Gasteiger partial charge in [0.1, 0.15) is 6.04 Å². The Kier molecular flexibility index (Phi) is 9.74. The number of hydrogen-bond donors (Lipinski definition) is 4. The van der Waals surface area contributed by atoms with Crippen molar-refractivity contribution in [3.8, 4) is 0 Å². The van der Waals surface area contributed by atoms with Crippen molar-refractivity contribution in [2.24, 2.45) is 22.2 Å². The summed E-state index contributed by atoms with van der Waals surface area (Å²) < 4.78 is 0. The number of nitrogens with zero attached hydrogens (tertiary/aromatic N) is 2. The molecule has 10 heteroatoms. The largest absolute Gasteiger partial charge is 0.370 e. The van der Waals surface area contributed by atoms with Gasteiger partial charge in [-0.2, -0.15) is 0 Å². The fourth-order valence-electron chi connectivity index (χ4n) is 3.65. The predicted molar refractivity (Wildman–Crippen MR) is 120 cm³/mol. The van der Waals surface area contributed by atoms with Crippen molar-refractivity contribution in [3.05, 3.63) is 35.9 Å². The molecular formula is C21H31ClN6O3. The van der Waals surface area contributed by atoms with Gasteiger partial charge in [0.2, 0.25) is 11.8 Å². The Morgan fingerprint density at radius 1 is 1.23 bits per heavy atom. The number of guanidine groups is 1. The number of nitrogens with one attached hydrogen (secondary N) is 1. The van der Waals surface area contributed by atoms with Gasteiger partial charge < -0.3 is 27.4 Å². The highest BCUT2D eigenvalue weighted by atomic mass is 35.5. The van der Waals surface area contributed by atoms with Gasteiger partial charge in [0.25, 0.3) is 0 Å². The summed E-state index contributed by atoms with van der Waals surface area (Å²) >= 11 is 5.70. The van der Waals surface area contributed by atoms with Crippen LogP contribution in [0.25, 0.3) is 0 Å². The molecule has 1 fully saturated rings.